The number of piperidine rings is 1. The van der Waals surface area contributed by atoms with E-state index in [2.05, 4.69) is 27.8 Å². The van der Waals surface area contributed by atoms with E-state index in [0.717, 1.165) is 50.1 Å². The van der Waals surface area contributed by atoms with Crippen LogP contribution in [0.3, 0.4) is 0 Å². The summed E-state index contributed by atoms with van der Waals surface area (Å²) in [6, 6.07) is 8.35. The van der Waals surface area contributed by atoms with Crippen LogP contribution in [0.2, 0.25) is 5.15 Å². The molecule has 35 heavy (non-hydrogen) atoms. The zero-order chi connectivity index (χ0) is 25.2. The quantitative estimate of drug-likeness (QED) is 0.526. The van der Waals surface area contributed by atoms with E-state index in [4.69, 9.17) is 21.5 Å². The molecule has 0 unspecified atom stereocenters. The molecule has 1 aromatic heterocycles. The Morgan fingerprint density at radius 2 is 1.83 bits per heavy atom. The molecule has 1 spiro atoms. The molecular weight excluding hydrogens is 485 g/mol. The number of pyridine rings is 1. The summed E-state index contributed by atoms with van der Waals surface area (Å²) in [6.07, 6.45) is 2.28. The van der Waals surface area contributed by atoms with Gasteiger partial charge in [-0.3, -0.25) is 4.90 Å². The van der Waals surface area contributed by atoms with Gasteiger partial charge < -0.3 is 15.7 Å². The summed E-state index contributed by atoms with van der Waals surface area (Å²) >= 11 is 5.97. The number of nitrogens with zero attached hydrogens (tertiary/aromatic N) is 2. The number of halogens is 4. The molecular formula is C24H26ClF3N4O3. The first-order valence-corrected chi connectivity index (χ1v) is 11.8. The van der Waals surface area contributed by atoms with Gasteiger partial charge in [-0.1, -0.05) is 17.7 Å². The van der Waals surface area contributed by atoms with Gasteiger partial charge in [0.15, 0.2) is 0 Å². The third-order valence-corrected chi connectivity index (χ3v) is 7.02. The number of anilines is 1. The molecule has 0 atom stereocenters. The zero-order valence-corrected chi connectivity index (χ0v) is 19.7. The van der Waals surface area contributed by atoms with E-state index >= 15 is 0 Å². The van der Waals surface area contributed by atoms with Gasteiger partial charge in [0.25, 0.3) is 0 Å². The Hall–Kier alpha value is -2.85. The van der Waals surface area contributed by atoms with Crippen molar-refractivity contribution in [1.82, 2.24) is 15.6 Å². The van der Waals surface area contributed by atoms with Crippen molar-refractivity contribution in [3.63, 3.8) is 0 Å². The van der Waals surface area contributed by atoms with Gasteiger partial charge in [-0.15, -0.1) is 0 Å². The fourth-order valence-electron chi connectivity index (χ4n) is 5.07. The van der Waals surface area contributed by atoms with Crippen LogP contribution >= 0.6 is 11.6 Å². The highest BCUT2D eigenvalue weighted by atomic mass is 35.5. The summed E-state index contributed by atoms with van der Waals surface area (Å²) in [5, 5.41) is 14.1. The van der Waals surface area contributed by atoms with Gasteiger partial charge in [0.05, 0.1) is 0 Å². The first-order chi connectivity index (χ1) is 16.6. The van der Waals surface area contributed by atoms with Gasteiger partial charge in [-0.25, -0.2) is 14.6 Å². The van der Waals surface area contributed by atoms with Gasteiger partial charge >= 0.3 is 18.2 Å². The van der Waals surface area contributed by atoms with Crippen LogP contribution in [0.4, 0.5) is 23.7 Å². The lowest BCUT2D eigenvalue weighted by Crippen LogP contribution is -2.46. The Morgan fingerprint density at radius 3 is 2.46 bits per heavy atom. The molecule has 3 aliphatic rings. The number of benzene rings is 1. The summed E-state index contributed by atoms with van der Waals surface area (Å²) < 4.78 is 31.7. The van der Waals surface area contributed by atoms with Crippen LogP contribution in [0.5, 0.6) is 0 Å². The van der Waals surface area contributed by atoms with Crippen molar-refractivity contribution in [1.29, 1.82) is 0 Å². The van der Waals surface area contributed by atoms with Gasteiger partial charge in [0.1, 0.15) is 5.15 Å². The minimum atomic E-state index is -5.08. The summed E-state index contributed by atoms with van der Waals surface area (Å²) in [7, 11) is 0. The van der Waals surface area contributed by atoms with E-state index in [1.165, 1.54) is 29.5 Å². The fraction of sp³-hybridized carbons (Fsp3) is 0.458. The standard InChI is InChI=1S/C22H25ClN4O.C2HF3O2/c23-20-10-15(4-7-25-20)13-26-21(28)27-14-22(5-8-24-9-6-22)18-11-16-2-1-3-17(16)12-19(18)27;3-2(4,5)1(6)7/h4,7,10-12,24H,1-3,5-6,8-9,13-14H2,(H,26,28);(H,6,7). The predicted octanol–water partition coefficient (Wildman–Crippen LogP) is 4.21. The molecule has 11 heteroatoms. The maximum absolute atomic E-state index is 13.1. The van der Waals surface area contributed by atoms with Crippen molar-refractivity contribution in [2.24, 2.45) is 0 Å². The maximum Gasteiger partial charge on any atom is 0.490 e. The van der Waals surface area contributed by atoms with E-state index in [1.54, 1.807) is 12.3 Å². The molecule has 7 nitrogen and oxygen atoms in total. The van der Waals surface area contributed by atoms with Gasteiger partial charge in [0.2, 0.25) is 0 Å². The van der Waals surface area contributed by atoms with Crippen molar-refractivity contribution >= 4 is 29.3 Å². The second-order valence-electron chi connectivity index (χ2n) is 9.06. The summed E-state index contributed by atoms with van der Waals surface area (Å²) in [5.41, 5.74) is 6.46. The van der Waals surface area contributed by atoms with Crippen LogP contribution in [0.25, 0.3) is 0 Å². The lowest BCUT2D eigenvalue weighted by atomic mass is 9.74. The molecule has 0 saturated carbocycles. The molecule has 3 heterocycles. The number of carboxylic acid groups (broad SMARTS) is 1. The van der Waals surface area contributed by atoms with Crippen molar-refractivity contribution in [3.8, 4) is 0 Å². The number of aliphatic carboxylic acids is 1. The van der Waals surface area contributed by atoms with Crippen LogP contribution < -0.4 is 15.5 Å². The molecule has 0 radical (unpaired) electrons. The van der Waals surface area contributed by atoms with E-state index < -0.39 is 12.1 Å². The number of alkyl halides is 3. The summed E-state index contributed by atoms with van der Waals surface area (Å²) in [5.74, 6) is -2.76. The third-order valence-electron chi connectivity index (χ3n) is 6.82. The summed E-state index contributed by atoms with van der Waals surface area (Å²) in [6.45, 7) is 3.26. The number of fused-ring (bicyclic) bond motifs is 3. The first-order valence-electron chi connectivity index (χ1n) is 11.4. The zero-order valence-electron chi connectivity index (χ0n) is 18.9. The maximum atomic E-state index is 13.1. The molecule has 188 valence electrons. The smallest absolute Gasteiger partial charge is 0.475 e. The number of hydrogen-bond donors (Lipinski definition) is 3. The lowest BCUT2D eigenvalue weighted by molar-refractivity contribution is -0.192. The molecule has 2 amide bonds. The number of rotatable bonds is 2. The van der Waals surface area contributed by atoms with Crippen LogP contribution in [-0.4, -0.2) is 47.9 Å². The van der Waals surface area contributed by atoms with E-state index in [0.29, 0.717) is 11.7 Å². The van der Waals surface area contributed by atoms with Gasteiger partial charge in [0, 0.05) is 30.4 Å². The number of nitrogens with one attached hydrogen (secondary N) is 2. The minimum Gasteiger partial charge on any atom is -0.475 e. The Balaban J connectivity index is 0.000000364. The number of aromatic nitrogens is 1. The number of carbonyl (C=O) groups excluding carboxylic acids is 1. The van der Waals surface area contributed by atoms with Gasteiger partial charge in [-0.05, 0) is 85.6 Å². The lowest BCUT2D eigenvalue weighted by Gasteiger charge is -2.34. The van der Waals surface area contributed by atoms with E-state index in [9.17, 15) is 18.0 Å². The topological polar surface area (TPSA) is 94.6 Å². The minimum absolute atomic E-state index is 0.0254. The monoisotopic (exact) mass is 510 g/mol. The number of aryl methyl sites for hydroxylation is 2. The average Bonchev–Trinajstić information content (AvgIpc) is 3.39. The predicted molar refractivity (Wildman–Crippen MR) is 125 cm³/mol. The van der Waals surface area contributed by atoms with Gasteiger partial charge in [-0.2, -0.15) is 13.2 Å². The van der Waals surface area contributed by atoms with E-state index in [-0.39, 0.29) is 11.4 Å². The fourth-order valence-corrected chi connectivity index (χ4v) is 5.27. The number of hydrogen-bond acceptors (Lipinski definition) is 4. The molecule has 5 rings (SSSR count). The number of carbonyl (C=O) groups is 2. The highest BCUT2D eigenvalue weighted by molar-refractivity contribution is 6.29. The average molecular weight is 511 g/mol. The SMILES string of the molecule is O=C(NCc1ccnc(Cl)c1)N1CC2(CCNCC2)c2cc3c(cc21)CCC3.O=C(O)C(F)(F)F. The molecule has 0 bridgehead atoms. The summed E-state index contributed by atoms with van der Waals surface area (Å²) in [4.78, 5) is 28.0. The Labute approximate surface area is 205 Å². The van der Waals surface area contributed by atoms with E-state index in [1.807, 2.05) is 11.0 Å². The van der Waals surface area contributed by atoms with Crippen molar-refractivity contribution in [3.05, 3.63) is 57.9 Å². The molecule has 1 fully saturated rings. The largest absolute Gasteiger partial charge is 0.490 e. The Kier molecular flexibility index (Phi) is 7.23. The highest BCUT2D eigenvalue weighted by Gasteiger charge is 2.46. The van der Waals surface area contributed by atoms with Crippen molar-refractivity contribution in [2.75, 3.05) is 24.5 Å². The molecule has 2 aromatic rings. The number of carboxylic acids is 1. The Morgan fingerprint density at radius 1 is 1.17 bits per heavy atom. The normalized spacial score (nSPS) is 17.9. The van der Waals surface area contributed by atoms with Crippen LogP contribution in [0.15, 0.2) is 30.5 Å². The molecule has 3 N–H and O–H groups in total. The highest BCUT2D eigenvalue weighted by Crippen LogP contribution is 2.48. The number of amides is 2. The Bertz CT molecular complexity index is 1120. The number of urea groups is 1. The molecule has 2 aliphatic heterocycles. The van der Waals surface area contributed by atoms with Crippen LogP contribution in [0.1, 0.15) is 41.5 Å². The van der Waals surface area contributed by atoms with Crippen molar-refractivity contribution in [2.45, 2.75) is 50.2 Å². The van der Waals surface area contributed by atoms with Crippen LogP contribution in [-0.2, 0) is 29.6 Å². The van der Waals surface area contributed by atoms with Crippen LogP contribution in [0, 0.1) is 0 Å². The van der Waals surface area contributed by atoms with Crippen molar-refractivity contribution < 1.29 is 27.9 Å². The molecule has 1 aromatic carbocycles. The second kappa shape index (κ2) is 10.0. The first kappa shape index (κ1) is 25.2. The second-order valence-corrected chi connectivity index (χ2v) is 9.44. The molecule has 1 aliphatic carbocycles. The molecule has 1 saturated heterocycles. The third kappa shape index (κ3) is 5.54.